The van der Waals surface area contributed by atoms with E-state index in [1.165, 1.54) is 0 Å². The summed E-state index contributed by atoms with van der Waals surface area (Å²) < 4.78 is 5.14. The first kappa shape index (κ1) is 15.7. The number of aryl methyl sites for hydroxylation is 2. The Hall–Kier alpha value is -2.15. The highest BCUT2D eigenvalue weighted by Gasteiger charge is 2.20. The van der Waals surface area contributed by atoms with Crippen molar-refractivity contribution in [3.8, 4) is 0 Å². The minimum atomic E-state index is 0.764. The van der Waals surface area contributed by atoms with Gasteiger partial charge in [0.15, 0.2) is 0 Å². The second-order valence-electron chi connectivity index (χ2n) is 6.25. The van der Waals surface area contributed by atoms with Crippen molar-refractivity contribution in [1.82, 2.24) is 20.0 Å². The molecule has 7 nitrogen and oxygen atoms in total. The molecule has 3 rings (SSSR count). The van der Waals surface area contributed by atoms with E-state index in [2.05, 4.69) is 31.0 Å². The average molecular weight is 316 g/mol. The van der Waals surface area contributed by atoms with Gasteiger partial charge in [-0.05, 0) is 13.8 Å². The molecule has 1 aliphatic heterocycles. The number of aromatic nitrogens is 3. The second kappa shape index (κ2) is 6.54. The van der Waals surface area contributed by atoms with Crippen LogP contribution in [0.1, 0.15) is 17.1 Å². The molecule has 0 N–H and O–H groups in total. The minimum Gasteiger partial charge on any atom is -0.361 e. The highest BCUT2D eigenvalue weighted by molar-refractivity contribution is 5.45. The average Bonchev–Trinajstić information content (AvgIpc) is 2.92. The van der Waals surface area contributed by atoms with Gasteiger partial charge in [0.05, 0.1) is 5.69 Å². The molecule has 1 fully saturated rings. The first-order chi connectivity index (χ1) is 11.0. The van der Waals surface area contributed by atoms with Gasteiger partial charge in [-0.1, -0.05) is 5.16 Å². The van der Waals surface area contributed by atoms with Crippen LogP contribution in [0.3, 0.4) is 0 Å². The van der Waals surface area contributed by atoms with Gasteiger partial charge in [0.2, 0.25) is 5.95 Å². The van der Waals surface area contributed by atoms with E-state index in [1.54, 1.807) is 0 Å². The summed E-state index contributed by atoms with van der Waals surface area (Å²) in [5.74, 6) is 2.64. The molecule has 23 heavy (non-hydrogen) atoms. The van der Waals surface area contributed by atoms with E-state index >= 15 is 0 Å². The molecule has 0 aromatic carbocycles. The van der Waals surface area contributed by atoms with Crippen molar-refractivity contribution in [2.24, 2.45) is 0 Å². The minimum absolute atomic E-state index is 0.764. The van der Waals surface area contributed by atoms with Crippen LogP contribution in [0.25, 0.3) is 0 Å². The number of hydrogen-bond donors (Lipinski definition) is 0. The van der Waals surface area contributed by atoms with Crippen molar-refractivity contribution in [2.45, 2.75) is 20.4 Å². The Kier molecular flexibility index (Phi) is 4.47. The van der Waals surface area contributed by atoms with Crippen LogP contribution in [-0.4, -0.2) is 60.3 Å². The van der Waals surface area contributed by atoms with Crippen LogP contribution in [0.4, 0.5) is 11.8 Å². The Balaban J connectivity index is 1.62. The monoisotopic (exact) mass is 316 g/mol. The third kappa shape index (κ3) is 3.79. The van der Waals surface area contributed by atoms with Crippen molar-refractivity contribution >= 4 is 11.8 Å². The van der Waals surface area contributed by atoms with Gasteiger partial charge < -0.3 is 14.3 Å². The van der Waals surface area contributed by atoms with Crippen molar-refractivity contribution in [1.29, 1.82) is 0 Å². The molecular weight excluding hydrogens is 292 g/mol. The summed E-state index contributed by atoms with van der Waals surface area (Å²) in [6, 6.07) is 4.06. The molecule has 0 bridgehead atoms. The molecule has 0 atom stereocenters. The fourth-order valence-corrected chi connectivity index (χ4v) is 2.76. The zero-order valence-electron chi connectivity index (χ0n) is 14.3. The van der Waals surface area contributed by atoms with Crippen molar-refractivity contribution < 1.29 is 4.52 Å². The van der Waals surface area contributed by atoms with Gasteiger partial charge in [-0.15, -0.1) is 0 Å². The van der Waals surface area contributed by atoms with Crippen molar-refractivity contribution in [3.05, 3.63) is 29.3 Å². The molecule has 1 aliphatic rings. The standard InChI is InChI=1S/C16H24N6O/c1-12-9-15(18-16(17-12)20(3)4)22-7-5-21(6-8-22)11-14-10-13(2)23-19-14/h9-10H,5-8,11H2,1-4H3. The molecule has 1 saturated heterocycles. The van der Waals surface area contributed by atoms with Crippen molar-refractivity contribution in [3.63, 3.8) is 0 Å². The molecule has 7 heteroatoms. The molecule has 0 radical (unpaired) electrons. The number of rotatable bonds is 4. The number of nitrogens with zero attached hydrogens (tertiary/aromatic N) is 6. The maximum atomic E-state index is 5.14. The van der Waals surface area contributed by atoms with Crippen LogP contribution in [0.5, 0.6) is 0 Å². The van der Waals surface area contributed by atoms with E-state index in [4.69, 9.17) is 4.52 Å². The zero-order valence-corrected chi connectivity index (χ0v) is 14.3. The lowest BCUT2D eigenvalue weighted by Crippen LogP contribution is -2.46. The Bertz CT molecular complexity index is 660. The fraction of sp³-hybridized carbons (Fsp3) is 0.562. The largest absolute Gasteiger partial charge is 0.361 e. The van der Waals surface area contributed by atoms with Gasteiger partial charge in [-0.3, -0.25) is 4.90 Å². The molecule has 124 valence electrons. The lowest BCUT2D eigenvalue weighted by atomic mass is 10.2. The second-order valence-corrected chi connectivity index (χ2v) is 6.25. The van der Waals surface area contributed by atoms with E-state index in [0.29, 0.717) is 0 Å². The van der Waals surface area contributed by atoms with Gasteiger partial charge in [0, 0.05) is 64.6 Å². The number of hydrogen-bond acceptors (Lipinski definition) is 7. The zero-order chi connectivity index (χ0) is 16.4. The lowest BCUT2D eigenvalue weighted by Gasteiger charge is -2.35. The smallest absolute Gasteiger partial charge is 0.226 e. The van der Waals surface area contributed by atoms with Gasteiger partial charge >= 0.3 is 0 Å². The molecule has 0 spiro atoms. The molecule has 2 aromatic rings. The predicted octanol–water partition coefficient (Wildman–Crippen LogP) is 1.47. The summed E-state index contributed by atoms with van der Waals surface area (Å²) in [6.07, 6.45) is 0. The van der Waals surface area contributed by atoms with Crippen LogP contribution >= 0.6 is 0 Å². The van der Waals surface area contributed by atoms with Crippen LogP contribution < -0.4 is 9.80 Å². The van der Waals surface area contributed by atoms with Crippen molar-refractivity contribution in [2.75, 3.05) is 50.1 Å². The van der Waals surface area contributed by atoms with E-state index in [9.17, 15) is 0 Å². The van der Waals surface area contributed by atoms with E-state index in [-0.39, 0.29) is 0 Å². The Morgan fingerprint density at radius 3 is 2.43 bits per heavy atom. The number of anilines is 2. The molecule has 0 unspecified atom stereocenters. The number of piperazine rings is 1. The normalized spacial score (nSPS) is 15.9. The van der Waals surface area contributed by atoms with E-state index < -0.39 is 0 Å². The van der Waals surface area contributed by atoms with E-state index in [0.717, 1.165) is 61.6 Å². The fourth-order valence-electron chi connectivity index (χ4n) is 2.76. The summed E-state index contributed by atoms with van der Waals surface area (Å²) >= 11 is 0. The Labute approximate surface area is 136 Å². The summed E-state index contributed by atoms with van der Waals surface area (Å²) in [4.78, 5) is 15.8. The highest BCUT2D eigenvalue weighted by atomic mass is 16.5. The topological polar surface area (TPSA) is 61.5 Å². The van der Waals surface area contributed by atoms with Gasteiger partial charge in [-0.2, -0.15) is 4.98 Å². The first-order valence-electron chi connectivity index (χ1n) is 7.94. The summed E-state index contributed by atoms with van der Waals surface area (Å²) in [5.41, 5.74) is 2.00. The molecule has 3 heterocycles. The van der Waals surface area contributed by atoms with Gasteiger partial charge in [0.25, 0.3) is 0 Å². The molecule has 0 aliphatic carbocycles. The molecular formula is C16H24N6O. The first-order valence-corrected chi connectivity index (χ1v) is 7.94. The summed E-state index contributed by atoms with van der Waals surface area (Å²) in [7, 11) is 3.94. The van der Waals surface area contributed by atoms with Crippen LogP contribution in [0.15, 0.2) is 16.7 Å². The predicted molar refractivity (Wildman–Crippen MR) is 89.8 cm³/mol. The quantitative estimate of drug-likeness (QED) is 0.846. The molecule has 0 amide bonds. The SMILES string of the molecule is Cc1cc(N2CCN(Cc3cc(C)on3)CC2)nc(N(C)C)n1. The summed E-state index contributed by atoms with van der Waals surface area (Å²) in [5, 5.41) is 4.07. The lowest BCUT2D eigenvalue weighted by molar-refractivity contribution is 0.241. The van der Waals surface area contributed by atoms with E-state index in [1.807, 2.05) is 38.9 Å². The maximum absolute atomic E-state index is 5.14. The van der Waals surface area contributed by atoms with Crippen LogP contribution in [0, 0.1) is 13.8 Å². The van der Waals surface area contributed by atoms with Gasteiger partial charge in [-0.25, -0.2) is 4.98 Å². The van der Waals surface area contributed by atoms with Crippen LogP contribution in [0.2, 0.25) is 0 Å². The highest BCUT2D eigenvalue weighted by Crippen LogP contribution is 2.18. The Morgan fingerprint density at radius 1 is 1.09 bits per heavy atom. The third-order valence-corrected chi connectivity index (χ3v) is 3.99. The summed E-state index contributed by atoms with van der Waals surface area (Å²) in [6.45, 7) is 8.69. The van der Waals surface area contributed by atoms with Crippen LogP contribution in [-0.2, 0) is 6.54 Å². The maximum Gasteiger partial charge on any atom is 0.226 e. The molecule has 0 saturated carbocycles. The Morgan fingerprint density at radius 2 is 1.83 bits per heavy atom. The molecule has 2 aromatic heterocycles. The van der Waals surface area contributed by atoms with Gasteiger partial charge in [0.1, 0.15) is 11.6 Å². The third-order valence-electron chi connectivity index (χ3n) is 3.99.